The topological polar surface area (TPSA) is 65.2 Å². The van der Waals surface area contributed by atoms with E-state index >= 15 is 0 Å². The van der Waals surface area contributed by atoms with E-state index in [0.29, 0.717) is 16.8 Å². The summed E-state index contributed by atoms with van der Waals surface area (Å²) in [6, 6.07) is 9.67. The molecule has 9 heteroatoms. The highest BCUT2D eigenvalue weighted by atomic mass is 19.3. The number of carbonyl (C=O) groups is 1. The van der Waals surface area contributed by atoms with Gasteiger partial charge in [-0.25, -0.2) is 13.5 Å². The van der Waals surface area contributed by atoms with Crippen molar-refractivity contribution in [3.63, 3.8) is 0 Å². The predicted molar refractivity (Wildman–Crippen MR) is 133 cm³/mol. The number of hydrogen-bond acceptors (Lipinski definition) is 4. The quantitative estimate of drug-likeness (QED) is 0.442. The van der Waals surface area contributed by atoms with Gasteiger partial charge in [0.15, 0.2) is 0 Å². The maximum Gasteiger partial charge on any atom is 0.254 e. The number of aromatic nitrogens is 4. The van der Waals surface area contributed by atoms with Crippen molar-refractivity contribution in [1.82, 2.24) is 24.5 Å². The highest BCUT2D eigenvalue weighted by Crippen LogP contribution is 2.33. The van der Waals surface area contributed by atoms with Crippen LogP contribution in [0.4, 0.5) is 8.78 Å². The zero-order valence-corrected chi connectivity index (χ0v) is 21.1. The maximum atomic E-state index is 13.7. The third-order valence-electron chi connectivity index (χ3n) is 7.09. The predicted octanol–water partition coefficient (Wildman–Crippen LogP) is 5.87. The van der Waals surface area contributed by atoms with Gasteiger partial charge in [0.25, 0.3) is 11.8 Å². The van der Waals surface area contributed by atoms with E-state index in [-0.39, 0.29) is 44.1 Å². The second-order valence-electron chi connectivity index (χ2n) is 10.1. The van der Waals surface area contributed by atoms with E-state index in [2.05, 4.69) is 0 Å². The number of likely N-dealkylation sites (tertiary alicyclic amines) is 1. The fourth-order valence-corrected chi connectivity index (χ4v) is 4.92. The zero-order chi connectivity index (χ0) is 25.4. The molecule has 2 fully saturated rings. The number of alkyl halides is 2. The Balaban J connectivity index is 1.51. The van der Waals surface area contributed by atoms with Crippen LogP contribution in [0, 0.1) is 6.92 Å². The monoisotopic (exact) mass is 497 g/mol. The van der Waals surface area contributed by atoms with Gasteiger partial charge < -0.3 is 9.64 Å². The van der Waals surface area contributed by atoms with Crippen LogP contribution in [0.5, 0.6) is 0 Å². The molecule has 7 nitrogen and oxygen atoms in total. The van der Waals surface area contributed by atoms with Crippen molar-refractivity contribution >= 4 is 5.91 Å². The molecule has 5 rings (SSSR count). The standard InChI is InChI=1S/C27H33F2N5O2/c1-18(2)33-12-9-23(30-33)22-17-20(24-16-19(3)34(31-24)25-6-4-5-15-36-25)7-8-21(22)26(35)32-13-10-27(28,29)11-14-32/h7-9,12,16-18,25H,4-6,10-11,13-15H2,1-3H3. The lowest BCUT2D eigenvalue weighted by Gasteiger charge is -2.32. The first kappa shape index (κ1) is 24.6. The summed E-state index contributed by atoms with van der Waals surface area (Å²) in [5, 5.41) is 9.54. The van der Waals surface area contributed by atoms with Crippen LogP contribution >= 0.6 is 0 Å². The van der Waals surface area contributed by atoms with Gasteiger partial charge in [0, 0.05) is 67.2 Å². The molecule has 36 heavy (non-hydrogen) atoms. The minimum Gasteiger partial charge on any atom is -0.357 e. The number of hydrogen-bond donors (Lipinski definition) is 0. The van der Waals surface area contributed by atoms with Crippen LogP contribution in [-0.4, -0.2) is 56.0 Å². The Morgan fingerprint density at radius 1 is 1.08 bits per heavy atom. The summed E-state index contributed by atoms with van der Waals surface area (Å²) >= 11 is 0. The average Bonchev–Trinajstić information content (AvgIpc) is 3.51. The summed E-state index contributed by atoms with van der Waals surface area (Å²) in [5.41, 5.74) is 4.48. The normalized spacial score (nSPS) is 20.2. The van der Waals surface area contributed by atoms with Gasteiger partial charge in [-0.1, -0.05) is 6.07 Å². The number of piperidine rings is 1. The Morgan fingerprint density at radius 2 is 1.86 bits per heavy atom. The van der Waals surface area contributed by atoms with Crippen molar-refractivity contribution in [2.24, 2.45) is 0 Å². The van der Waals surface area contributed by atoms with E-state index in [1.807, 2.05) is 60.6 Å². The van der Waals surface area contributed by atoms with Gasteiger partial charge in [0.1, 0.15) is 6.23 Å². The molecule has 1 amide bonds. The molecule has 4 heterocycles. The lowest BCUT2D eigenvalue weighted by Crippen LogP contribution is -2.42. The first-order valence-corrected chi connectivity index (χ1v) is 12.8. The molecule has 3 aromatic rings. The number of aryl methyl sites for hydroxylation is 1. The molecule has 0 spiro atoms. The lowest BCUT2D eigenvalue weighted by atomic mass is 9.97. The number of ether oxygens (including phenoxy) is 1. The number of rotatable bonds is 5. The number of carbonyl (C=O) groups excluding carboxylic acids is 1. The van der Waals surface area contributed by atoms with Crippen LogP contribution in [0.1, 0.15) is 74.3 Å². The first-order chi connectivity index (χ1) is 17.2. The molecule has 1 atom stereocenters. The van der Waals surface area contributed by atoms with Crippen LogP contribution in [0.2, 0.25) is 0 Å². The maximum absolute atomic E-state index is 13.7. The van der Waals surface area contributed by atoms with Crippen LogP contribution in [-0.2, 0) is 4.74 Å². The molecule has 2 aromatic heterocycles. The number of nitrogens with zero attached hydrogens (tertiary/aromatic N) is 5. The Labute approximate surface area is 210 Å². The molecule has 2 saturated heterocycles. The third-order valence-corrected chi connectivity index (χ3v) is 7.09. The van der Waals surface area contributed by atoms with Crippen molar-refractivity contribution in [3.05, 3.63) is 47.8 Å². The summed E-state index contributed by atoms with van der Waals surface area (Å²) in [5.74, 6) is -2.96. The molecule has 0 bridgehead atoms. The zero-order valence-electron chi connectivity index (χ0n) is 21.1. The van der Waals surface area contributed by atoms with E-state index in [1.54, 1.807) is 6.07 Å². The Morgan fingerprint density at radius 3 is 2.53 bits per heavy atom. The van der Waals surface area contributed by atoms with Crippen molar-refractivity contribution in [2.75, 3.05) is 19.7 Å². The van der Waals surface area contributed by atoms with Gasteiger partial charge >= 0.3 is 0 Å². The lowest BCUT2D eigenvalue weighted by molar-refractivity contribution is -0.0494. The van der Waals surface area contributed by atoms with Crippen LogP contribution in [0.25, 0.3) is 22.5 Å². The van der Waals surface area contributed by atoms with Crippen molar-refractivity contribution < 1.29 is 18.3 Å². The highest BCUT2D eigenvalue weighted by Gasteiger charge is 2.36. The van der Waals surface area contributed by atoms with E-state index in [9.17, 15) is 13.6 Å². The summed E-state index contributed by atoms with van der Waals surface area (Å²) in [7, 11) is 0. The second kappa shape index (κ2) is 9.76. The summed E-state index contributed by atoms with van der Waals surface area (Å²) in [6.07, 6.45) is 4.32. The number of benzene rings is 1. The van der Waals surface area contributed by atoms with Gasteiger partial charge in [0.2, 0.25) is 0 Å². The fraction of sp³-hybridized carbons (Fsp3) is 0.519. The Bertz CT molecular complexity index is 1230. The van der Waals surface area contributed by atoms with Crippen molar-refractivity contribution in [2.45, 2.75) is 71.1 Å². The minimum atomic E-state index is -2.71. The molecule has 1 aromatic carbocycles. The third kappa shape index (κ3) is 4.93. The first-order valence-electron chi connectivity index (χ1n) is 12.8. The van der Waals surface area contributed by atoms with Crippen molar-refractivity contribution in [1.29, 1.82) is 0 Å². The molecular formula is C27H33F2N5O2. The SMILES string of the molecule is Cc1cc(-c2ccc(C(=O)N3CCC(F)(F)CC3)c(-c3ccn(C(C)C)n3)c2)nn1C1CCCCO1. The van der Waals surface area contributed by atoms with Crippen molar-refractivity contribution in [3.8, 4) is 22.5 Å². The molecule has 192 valence electrons. The van der Waals surface area contributed by atoms with Gasteiger partial charge in [0.05, 0.1) is 11.4 Å². The molecule has 1 unspecified atom stereocenters. The second-order valence-corrected chi connectivity index (χ2v) is 10.1. The summed E-state index contributed by atoms with van der Waals surface area (Å²) < 4.78 is 37.1. The minimum absolute atomic E-state index is 0.0401. The summed E-state index contributed by atoms with van der Waals surface area (Å²) in [6.45, 7) is 6.91. The molecule has 0 N–H and O–H groups in total. The van der Waals surface area contributed by atoms with Crippen LogP contribution < -0.4 is 0 Å². The Kier molecular flexibility index (Phi) is 6.68. The molecule has 0 saturated carbocycles. The number of halogens is 2. The number of amides is 1. The van der Waals surface area contributed by atoms with E-state index in [0.717, 1.165) is 42.8 Å². The molecule has 2 aliphatic rings. The Hall–Kier alpha value is -3.07. The van der Waals surface area contributed by atoms with Crippen LogP contribution in [0.15, 0.2) is 36.5 Å². The molecular weight excluding hydrogens is 464 g/mol. The van der Waals surface area contributed by atoms with E-state index < -0.39 is 5.92 Å². The van der Waals surface area contributed by atoms with Gasteiger partial charge in [-0.15, -0.1) is 0 Å². The average molecular weight is 498 g/mol. The van der Waals surface area contributed by atoms with Gasteiger partial charge in [-0.3, -0.25) is 9.48 Å². The highest BCUT2D eigenvalue weighted by molar-refractivity contribution is 6.01. The molecule has 0 radical (unpaired) electrons. The van der Waals surface area contributed by atoms with Crippen LogP contribution in [0.3, 0.4) is 0 Å². The fourth-order valence-electron chi connectivity index (χ4n) is 4.92. The van der Waals surface area contributed by atoms with Gasteiger partial charge in [-0.2, -0.15) is 10.2 Å². The summed E-state index contributed by atoms with van der Waals surface area (Å²) in [4.78, 5) is 15.0. The smallest absolute Gasteiger partial charge is 0.254 e. The van der Waals surface area contributed by atoms with Gasteiger partial charge in [-0.05, 0) is 64.3 Å². The van der Waals surface area contributed by atoms with E-state index in [1.165, 1.54) is 4.90 Å². The molecule has 2 aliphatic heterocycles. The molecule has 0 aliphatic carbocycles. The largest absolute Gasteiger partial charge is 0.357 e. The van der Waals surface area contributed by atoms with E-state index in [4.69, 9.17) is 14.9 Å².